The van der Waals surface area contributed by atoms with Gasteiger partial charge in [0.2, 0.25) is 0 Å². The van der Waals surface area contributed by atoms with Crippen molar-refractivity contribution in [3.63, 3.8) is 0 Å². The molecule has 0 N–H and O–H groups in total. The molecule has 0 saturated carbocycles. The van der Waals surface area contributed by atoms with Gasteiger partial charge in [0.25, 0.3) is 0 Å². The van der Waals surface area contributed by atoms with Crippen molar-refractivity contribution < 1.29 is 9.18 Å². The lowest BCUT2D eigenvalue weighted by molar-refractivity contribution is -0.103. The molecule has 1 aromatic carbocycles. The van der Waals surface area contributed by atoms with Gasteiger partial charge in [0, 0.05) is 9.50 Å². The SMILES string of the molecule is O=CC#Cc1c(F)cc(Cl)cc1Br. The highest BCUT2D eigenvalue weighted by Crippen LogP contribution is 2.23. The van der Waals surface area contributed by atoms with Crippen molar-refractivity contribution in [2.24, 2.45) is 0 Å². The van der Waals surface area contributed by atoms with E-state index in [1.807, 2.05) is 0 Å². The summed E-state index contributed by atoms with van der Waals surface area (Å²) >= 11 is 8.65. The van der Waals surface area contributed by atoms with Gasteiger partial charge in [0.05, 0.1) is 5.56 Å². The lowest BCUT2D eigenvalue weighted by Gasteiger charge is -1.98. The fraction of sp³-hybridized carbons (Fsp3) is 0. The lowest BCUT2D eigenvalue weighted by atomic mass is 10.2. The number of hydrogen-bond acceptors (Lipinski definition) is 1. The Hall–Kier alpha value is -0.850. The molecule has 0 aliphatic carbocycles. The third-order valence-corrected chi connectivity index (χ3v) is 2.11. The van der Waals surface area contributed by atoms with Crippen molar-refractivity contribution in [3.8, 4) is 11.8 Å². The standard InChI is InChI=1S/C9H3BrClFO/c10-8-4-6(11)5-9(12)7(8)2-1-3-13/h3-5H. The normalized spacial score (nSPS) is 8.85. The molecule has 0 aliphatic heterocycles. The van der Waals surface area contributed by atoms with Crippen LogP contribution in [0.4, 0.5) is 4.39 Å². The van der Waals surface area contributed by atoms with Gasteiger partial charge in [-0.15, -0.1) is 0 Å². The maximum absolute atomic E-state index is 13.1. The molecule has 0 fully saturated rings. The Balaban J connectivity index is 3.28. The van der Waals surface area contributed by atoms with Gasteiger partial charge in [-0.1, -0.05) is 17.5 Å². The van der Waals surface area contributed by atoms with Gasteiger partial charge in [0.15, 0.2) is 6.29 Å². The minimum Gasteiger partial charge on any atom is -0.289 e. The Kier molecular flexibility index (Phi) is 3.47. The summed E-state index contributed by atoms with van der Waals surface area (Å²) in [6.45, 7) is 0. The zero-order chi connectivity index (χ0) is 9.84. The molecule has 0 spiro atoms. The number of halogens is 3. The van der Waals surface area contributed by atoms with Gasteiger partial charge in [-0.25, -0.2) is 4.39 Å². The molecule has 1 rings (SSSR count). The second-order valence-electron chi connectivity index (χ2n) is 2.13. The fourth-order valence-corrected chi connectivity index (χ4v) is 1.64. The van der Waals surface area contributed by atoms with Crippen LogP contribution in [0.15, 0.2) is 16.6 Å². The molecule has 0 bridgehead atoms. The van der Waals surface area contributed by atoms with Gasteiger partial charge >= 0.3 is 0 Å². The first-order chi connectivity index (χ1) is 6.15. The smallest absolute Gasteiger partial charge is 0.193 e. The van der Waals surface area contributed by atoms with E-state index in [-0.39, 0.29) is 10.6 Å². The van der Waals surface area contributed by atoms with Crippen molar-refractivity contribution >= 4 is 33.8 Å². The summed E-state index contributed by atoms with van der Waals surface area (Å²) in [7, 11) is 0. The molecule has 0 amide bonds. The van der Waals surface area contributed by atoms with Crippen molar-refractivity contribution in [1.82, 2.24) is 0 Å². The highest BCUT2D eigenvalue weighted by molar-refractivity contribution is 9.10. The van der Waals surface area contributed by atoms with E-state index in [0.29, 0.717) is 10.8 Å². The number of carbonyl (C=O) groups is 1. The molecule has 0 atom stereocenters. The molecular formula is C9H3BrClFO. The molecule has 1 aromatic rings. The van der Waals surface area contributed by atoms with E-state index in [1.54, 1.807) is 0 Å². The van der Waals surface area contributed by atoms with Crippen molar-refractivity contribution in [2.45, 2.75) is 0 Å². The fourth-order valence-electron chi connectivity index (χ4n) is 0.763. The van der Waals surface area contributed by atoms with Crippen molar-refractivity contribution in [2.75, 3.05) is 0 Å². The molecule has 0 unspecified atom stereocenters. The number of hydrogen-bond donors (Lipinski definition) is 0. The van der Waals surface area contributed by atoms with E-state index >= 15 is 0 Å². The summed E-state index contributed by atoms with van der Waals surface area (Å²) in [6, 6.07) is 2.65. The van der Waals surface area contributed by atoms with Crippen LogP contribution in [0.25, 0.3) is 0 Å². The Morgan fingerprint density at radius 1 is 1.54 bits per heavy atom. The second-order valence-corrected chi connectivity index (χ2v) is 3.42. The maximum Gasteiger partial charge on any atom is 0.193 e. The van der Waals surface area contributed by atoms with Gasteiger partial charge in [-0.05, 0) is 34.0 Å². The summed E-state index contributed by atoms with van der Waals surface area (Å²) in [5.74, 6) is 3.93. The van der Waals surface area contributed by atoms with E-state index in [2.05, 4.69) is 27.8 Å². The van der Waals surface area contributed by atoms with Crippen molar-refractivity contribution in [1.29, 1.82) is 0 Å². The third kappa shape index (κ3) is 2.55. The number of aldehydes is 1. The molecule has 66 valence electrons. The summed E-state index contributed by atoms with van der Waals surface area (Å²) in [5.41, 5.74) is 0.136. The van der Waals surface area contributed by atoms with Gasteiger partial charge in [-0.3, -0.25) is 4.79 Å². The molecule has 0 aromatic heterocycles. The molecule has 0 saturated heterocycles. The van der Waals surface area contributed by atoms with Gasteiger partial charge in [-0.2, -0.15) is 0 Å². The highest BCUT2D eigenvalue weighted by atomic mass is 79.9. The number of carbonyl (C=O) groups excluding carboxylic acids is 1. The topological polar surface area (TPSA) is 17.1 Å². The summed E-state index contributed by atoms with van der Waals surface area (Å²) in [5, 5.41) is 0.279. The van der Waals surface area contributed by atoms with E-state index in [0.717, 1.165) is 6.07 Å². The maximum atomic E-state index is 13.1. The van der Waals surface area contributed by atoms with Crippen LogP contribution in [0, 0.1) is 17.7 Å². The van der Waals surface area contributed by atoms with E-state index in [1.165, 1.54) is 6.07 Å². The Labute approximate surface area is 88.0 Å². The summed E-state index contributed by atoms with van der Waals surface area (Å²) in [4.78, 5) is 9.93. The predicted molar refractivity (Wildman–Crippen MR) is 52.1 cm³/mol. The largest absolute Gasteiger partial charge is 0.289 e. The highest BCUT2D eigenvalue weighted by Gasteiger charge is 2.05. The first-order valence-corrected chi connectivity index (χ1v) is 4.42. The molecule has 0 aliphatic rings. The van der Waals surface area contributed by atoms with Crippen LogP contribution < -0.4 is 0 Å². The first kappa shape index (κ1) is 10.2. The minimum atomic E-state index is -0.547. The Bertz CT molecular complexity index is 383. The van der Waals surface area contributed by atoms with Crippen LogP contribution in [0.3, 0.4) is 0 Å². The van der Waals surface area contributed by atoms with Crippen LogP contribution in [-0.4, -0.2) is 6.29 Å². The van der Waals surface area contributed by atoms with E-state index in [4.69, 9.17) is 11.6 Å². The predicted octanol–water partition coefficient (Wildman–Crippen LogP) is 2.79. The summed E-state index contributed by atoms with van der Waals surface area (Å²) < 4.78 is 13.5. The zero-order valence-electron chi connectivity index (χ0n) is 6.27. The average molecular weight is 261 g/mol. The second kappa shape index (κ2) is 4.40. The van der Waals surface area contributed by atoms with Crippen molar-refractivity contribution in [3.05, 3.63) is 33.0 Å². The molecule has 1 nitrogen and oxygen atoms in total. The first-order valence-electron chi connectivity index (χ1n) is 3.25. The van der Waals surface area contributed by atoms with Crippen LogP contribution in [0.2, 0.25) is 5.02 Å². The minimum absolute atomic E-state index is 0.136. The lowest BCUT2D eigenvalue weighted by Crippen LogP contribution is -1.85. The summed E-state index contributed by atoms with van der Waals surface area (Å²) in [6.07, 6.45) is 0.403. The quantitative estimate of drug-likeness (QED) is 0.518. The van der Waals surface area contributed by atoms with E-state index in [9.17, 15) is 9.18 Å². The Morgan fingerprint density at radius 2 is 2.23 bits per heavy atom. The average Bonchev–Trinajstić information content (AvgIpc) is 2.02. The van der Waals surface area contributed by atoms with Crippen LogP contribution in [0.1, 0.15) is 5.56 Å². The third-order valence-electron chi connectivity index (χ3n) is 1.26. The van der Waals surface area contributed by atoms with Crippen LogP contribution in [0.5, 0.6) is 0 Å². The van der Waals surface area contributed by atoms with Crippen LogP contribution >= 0.6 is 27.5 Å². The number of rotatable bonds is 0. The molecular weight excluding hydrogens is 258 g/mol. The van der Waals surface area contributed by atoms with E-state index < -0.39 is 5.82 Å². The van der Waals surface area contributed by atoms with Gasteiger partial charge < -0.3 is 0 Å². The monoisotopic (exact) mass is 260 g/mol. The Morgan fingerprint density at radius 3 is 2.77 bits per heavy atom. The number of benzene rings is 1. The molecule has 0 heterocycles. The van der Waals surface area contributed by atoms with Gasteiger partial charge in [0.1, 0.15) is 5.82 Å². The molecule has 13 heavy (non-hydrogen) atoms. The zero-order valence-corrected chi connectivity index (χ0v) is 8.62. The van der Waals surface area contributed by atoms with Crippen LogP contribution in [-0.2, 0) is 4.79 Å². The molecule has 4 heteroatoms. The molecule has 0 radical (unpaired) electrons.